The molecular weight excluding hydrogens is 320 g/mol. The average molecular weight is 342 g/mol. The molecule has 0 unspecified atom stereocenters. The van der Waals surface area contributed by atoms with Crippen molar-refractivity contribution in [3.8, 4) is 0 Å². The van der Waals surface area contributed by atoms with E-state index in [0.717, 1.165) is 24.5 Å². The molecule has 126 valence electrons. The minimum absolute atomic E-state index is 0.177. The van der Waals surface area contributed by atoms with Crippen molar-refractivity contribution in [1.82, 2.24) is 15.1 Å². The SMILES string of the molecule is CC(C)Sc1ccc(CC(=O)N2CC(Nc3cccnn3)C2)cc1. The molecule has 0 bridgehead atoms. The van der Waals surface area contributed by atoms with Crippen molar-refractivity contribution in [2.45, 2.75) is 36.5 Å². The third-order valence-electron chi connectivity index (χ3n) is 3.81. The van der Waals surface area contributed by atoms with E-state index in [1.54, 1.807) is 6.20 Å². The maximum atomic E-state index is 12.3. The molecule has 0 spiro atoms. The van der Waals surface area contributed by atoms with Crippen molar-refractivity contribution in [3.05, 3.63) is 48.2 Å². The van der Waals surface area contributed by atoms with Crippen molar-refractivity contribution in [3.63, 3.8) is 0 Å². The number of hydrogen-bond acceptors (Lipinski definition) is 5. The van der Waals surface area contributed by atoms with Gasteiger partial charge in [0, 0.05) is 29.4 Å². The quantitative estimate of drug-likeness (QED) is 0.818. The predicted molar refractivity (Wildman–Crippen MR) is 97.2 cm³/mol. The number of nitrogens with one attached hydrogen (secondary N) is 1. The number of likely N-dealkylation sites (tertiary alicyclic amines) is 1. The number of amides is 1. The van der Waals surface area contributed by atoms with E-state index in [1.807, 2.05) is 28.8 Å². The number of aromatic nitrogens is 2. The molecule has 24 heavy (non-hydrogen) atoms. The monoisotopic (exact) mass is 342 g/mol. The summed E-state index contributed by atoms with van der Waals surface area (Å²) in [7, 11) is 0. The highest BCUT2D eigenvalue weighted by Crippen LogP contribution is 2.23. The van der Waals surface area contributed by atoms with Gasteiger partial charge in [0.05, 0.1) is 12.5 Å². The molecule has 0 aliphatic carbocycles. The molecule has 0 radical (unpaired) electrons. The summed E-state index contributed by atoms with van der Waals surface area (Å²) < 4.78 is 0. The molecule has 1 aliphatic heterocycles. The minimum Gasteiger partial charge on any atom is -0.362 e. The Kier molecular flexibility index (Phi) is 5.35. The molecule has 6 heteroatoms. The molecule has 1 fully saturated rings. The Bertz CT molecular complexity index is 669. The first-order valence-corrected chi connectivity index (χ1v) is 9.06. The first-order valence-electron chi connectivity index (χ1n) is 8.18. The molecule has 1 aliphatic rings. The number of thioether (sulfide) groups is 1. The largest absolute Gasteiger partial charge is 0.362 e. The zero-order valence-electron chi connectivity index (χ0n) is 14.0. The summed E-state index contributed by atoms with van der Waals surface area (Å²) in [4.78, 5) is 15.4. The van der Waals surface area contributed by atoms with E-state index in [0.29, 0.717) is 11.7 Å². The normalized spacial score (nSPS) is 14.5. The van der Waals surface area contributed by atoms with Crippen molar-refractivity contribution in [2.75, 3.05) is 18.4 Å². The molecule has 3 rings (SSSR count). The first-order chi connectivity index (χ1) is 11.6. The van der Waals surface area contributed by atoms with E-state index in [2.05, 4.69) is 53.6 Å². The van der Waals surface area contributed by atoms with Gasteiger partial charge in [-0.25, -0.2) is 0 Å². The number of carbonyl (C=O) groups is 1. The van der Waals surface area contributed by atoms with Crippen LogP contribution in [0.3, 0.4) is 0 Å². The number of benzene rings is 1. The lowest BCUT2D eigenvalue weighted by Gasteiger charge is -2.39. The van der Waals surface area contributed by atoms with E-state index < -0.39 is 0 Å². The van der Waals surface area contributed by atoms with Crippen LogP contribution in [0, 0.1) is 0 Å². The van der Waals surface area contributed by atoms with Crippen LogP contribution in [0.5, 0.6) is 0 Å². The zero-order chi connectivity index (χ0) is 16.9. The van der Waals surface area contributed by atoms with Gasteiger partial charge in [0.25, 0.3) is 0 Å². The predicted octanol–water partition coefficient (Wildman–Crippen LogP) is 2.84. The molecule has 0 atom stereocenters. The standard InChI is InChI=1S/C18H22N4OS/c1-13(2)24-16-7-5-14(6-8-16)10-18(23)22-11-15(12-22)20-17-4-3-9-19-21-17/h3-9,13,15H,10-12H2,1-2H3,(H,20,21). The van der Waals surface area contributed by atoms with Gasteiger partial charge < -0.3 is 10.2 Å². The van der Waals surface area contributed by atoms with Gasteiger partial charge in [-0.2, -0.15) is 5.10 Å². The second kappa shape index (κ2) is 7.66. The van der Waals surface area contributed by atoms with Crippen LogP contribution >= 0.6 is 11.8 Å². The van der Waals surface area contributed by atoms with E-state index >= 15 is 0 Å². The Morgan fingerprint density at radius 2 is 2.04 bits per heavy atom. The van der Waals surface area contributed by atoms with Gasteiger partial charge in [-0.3, -0.25) is 4.79 Å². The lowest BCUT2D eigenvalue weighted by Crippen LogP contribution is -2.57. The molecule has 1 aromatic heterocycles. The lowest BCUT2D eigenvalue weighted by molar-refractivity contribution is -0.134. The highest BCUT2D eigenvalue weighted by Gasteiger charge is 2.30. The van der Waals surface area contributed by atoms with Crippen LogP contribution in [0.15, 0.2) is 47.5 Å². The Labute approximate surface area is 146 Å². The molecule has 2 heterocycles. The highest BCUT2D eigenvalue weighted by atomic mass is 32.2. The number of anilines is 1. The number of nitrogens with zero attached hydrogens (tertiary/aromatic N) is 3. The molecule has 2 aromatic rings. The Morgan fingerprint density at radius 1 is 1.29 bits per heavy atom. The van der Waals surface area contributed by atoms with Gasteiger partial charge in [0.15, 0.2) is 0 Å². The van der Waals surface area contributed by atoms with Gasteiger partial charge in [-0.1, -0.05) is 26.0 Å². The highest BCUT2D eigenvalue weighted by molar-refractivity contribution is 7.99. The second-order valence-corrected chi connectivity index (χ2v) is 7.89. The number of hydrogen-bond donors (Lipinski definition) is 1. The van der Waals surface area contributed by atoms with E-state index in [-0.39, 0.29) is 11.9 Å². The Morgan fingerprint density at radius 3 is 2.67 bits per heavy atom. The van der Waals surface area contributed by atoms with Gasteiger partial charge in [0.1, 0.15) is 5.82 Å². The molecule has 5 nitrogen and oxygen atoms in total. The van der Waals surface area contributed by atoms with Crippen molar-refractivity contribution in [1.29, 1.82) is 0 Å². The fourth-order valence-electron chi connectivity index (χ4n) is 2.61. The van der Waals surface area contributed by atoms with Crippen LogP contribution in [0.1, 0.15) is 19.4 Å². The van der Waals surface area contributed by atoms with Gasteiger partial charge >= 0.3 is 0 Å². The lowest BCUT2D eigenvalue weighted by atomic mass is 10.1. The average Bonchev–Trinajstić information content (AvgIpc) is 2.53. The smallest absolute Gasteiger partial charge is 0.227 e. The maximum Gasteiger partial charge on any atom is 0.227 e. The maximum absolute atomic E-state index is 12.3. The molecule has 1 N–H and O–H groups in total. The van der Waals surface area contributed by atoms with Crippen LogP contribution in [-0.4, -0.2) is 45.4 Å². The summed E-state index contributed by atoms with van der Waals surface area (Å²) in [5.41, 5.74) is 1.07. The third-order valence-corrected chi connectivity index (χ3v) is 4.82. The van der Waals surface area contributed by atoms with Crippen LogP contribution in [0.4, 0.5) is 5.82 Å². The molecule has 1 amide bonds. The minimum atomic E-state index is 0.177. The topological polar surface area (TPSA) is 58.1 Å². The van der Waals surface area contributed by atoms with Crippen LogP contribution in [-0.2, 0) is 11.2 Å². The van der Waals surface area contributed by atoms with Crippen LogP contribution < -0.4 is 5.32 Å². The van der Waals surface area contributed by atoms with Gasteiger partial charge in [0.2, 0.25) is 5.91 Å². The van der Waals surface area contributed by atoms with E-state index in [4.69, 9.17) is 0 Å². The fraction of sp³-hybridized carbons (Fsp3) is 0.389. The third kappa shape index (κ3) is 4.47. The summed E-state index contributed by atoms with van der Waals surface area (Å²) in [5, 5.41) is 11.7. The van der Waals surface area contributed by atoms with Crippen molar-refractivity contribution >= 4 is 23.5 Å². The molecule has 1 aromatic carbocycles. The molecule has 1 saturated heterocycles. The first kappa shape index (κ1) is 16.8. The van der Waals surface area contributed by atoms with Crippen molar-refractivity contribution in [2.24, 2.45) is 0 Å². The van der Waals surface area contributed by atoms with Gasteiger partial charge in [-0.15, -0.1) is 16.9 Å². The molecular formula is C18H22N4OS. The number of rotatable bonds is 6. The van der Waals surface area contributed by atoms with Crippen LogP contribution in [0.2, 0.25) is 0 Å². The second-order valence-electron chi connectivity index (χ2n) is 6.24. The summed E-state index contributed by atoms with van der Waals surface area (Å²) >= 11 is 1.83. The van der Waals surface area contributed by atoms with Crippen molar-refractivity contribution < 1.29 is 4.79 Å². The summed E-state index contributed by atoms with van der Waals surface area (Å²) in [5.74, 6) is 0.935. The summed E-state index contributed by atoms with van der Waals surface area (Å²) in [6.07, 6.45) is 2.11. The summed E-state index contributed by atoms with van der Waals surface area (Å²) in [6, 6.07) is 12.3. The van der Waals surface area contributed by atoms with Gasteiger partial charge in [-0.05, 0) is 29.8 Å². The fourth-order valence-corrected chi connectivity index (χ4v) is 3.44. The van der Waals surface area contributed by atoms with E-state index in [9.17, 15) is 4.79 Å². The Hall–Kier alpha value is -2.08. The van der Waals surface area contributed by atoms with Crippen LogP contribution in [0.25, 0.3) is 0 Å². The summed E-state index contributed by atoms with van der Waals surface area (Å²) in [6.45, 7) is 5.79. The van der Waals surface area contributed by atoms with E-state index in [1.165, 1.54) is 4.90 Å². The molecule has 0 saturated carbocycles. The zero-order valence-corrected chi connectivity index (χ0v) is 14.8. The Balaban J connectivity index is 1.45. The number of carbonyl (C=O) groups excluding carboxylic acids is 1.